The van der Waals surface area contributed by atoms with Crippen LogP contribution in [-0.4, -0.2) is 78.1 Å². The maximum absolute atomic E-state index is 4.83. The molecule has 0 bridgehead atoms. The van der Waals surface area contributed by atoms with Gasteiger partial charge in [-0.2, -0.15) is 0 Å². The van der Waals surface area contributed by atoms with E-state index in [0.717, 1.165) is 43.3 Å². The first-order valence-corrected chi connectivity index (χ1v) is 10.6. The van der Waals surface area contributed by atoms with Crippen molar-refractivity contribution in [3.05, 3.63) is 18.3 Å². The van der Waals surface area contributed by atoms with Gasteiger partial charge in [-0.15, -0.1) is 0 Å². The number of hydrogen-bond donors (Lipinski definition) is 2. The Labute approximate surface area is 167 Å². The summed E-state index contributed by atoms with van der Waals surface area (Å²) in [5, 5.41) is 7.17. The summed E-state index contributed by atoms with van der Waals surface area (Å²) in [6, 6.07) is 3.90. The Balaban J connectivity index is 1.47. The van der Waals surface area contributed by atoms with Gasteiger partial charge in [0.15, 0.2) is 17.3 Å². The van der Waals surface area contributed by atoms with Crippen molar-refractivity contribution in [2.24, 2.45) is 11.8 Å². The minimum absolute atomic E-state index is 0.653. The predicted molar refractivity (Wildman–Crippen MR) is 115 cm³/mol. The molecule has 152 valence electrons. The molecule has 2 unspecified atom stereocenters. The van der Waals surface area contributed by atoms with Gasteiger partial charge in [-0.1, -0.05) is 0 Å². The van der Waals surface area contributed by atoms with Crippen molar-refractivity contribution in [2.75, 3.05) is 64.0 Å². The zero-order valence-electron chi connectivity index (χ0n) is 17.2. The van der Waals surface area contributed by atoms with Crippen molar-refractivity contribution < 1.29 is 0 Å². The van der Waals surface area contributed by atoms with E-state index in [1.807, 2.05) is 12.1 Å². The highest BCUT2D eigenvalue weighted by atomic mass is 15.1. The van der Waals surface area contributed by atoms with Crippen molar-refractivity contribution in [3.63, 3.8) is 0 Å². The lowest BCUT2D eigenvalue weighted by Crippen LogP contribution is -2.36. The van der Waals surface area contributed by atoms with Crippen LogP contribution in [0.25, 0.3) is 11.2 Å². The first-order valence-electron chi connectivity index (χ1n) is 10.6. The SMILES string of the molecule is CN1CCCC(CNc2nc3cccnc3nc2NCC2CCCN(C)C2)C1. The van der Waals surface area contributed by atoms with Gasteiger partial charge in [0.25, 0.3) is 0 Å². The van der Waals surface area contributed by atoms with Crippen LogP contribution in [0.15, 0.2) is 18.3 Å². The van der Waals surface area contributed by atoms with E-state index in [-0.39, 0.29) is 0 Å². The summed E-state index contributed by atoms with van der Waals surface area (Å²) in [7, 11) is 4.42. The maximum atomic E-state index is 4.83. The van der Waals surface area contributed by atoms with Crippen LogP contribution in [0.1, 0.15) is 25.7 Å². The predicted octanol–water partition coefficient (Wildman–Crippen LogP) is 2.53. The highest BCUT2D eigenvalue weighted by Crippen LogP contribution is 2.23. The monoisotopic (exact) mass is 383 g/mol. The molecule has 4 heterocycles. The van der Waals surface area contributed by atoms with E-state index in [0.29, 0.717) is 17.5 Å². The van der Waals surface area contributed by atoms with Crippen LogP contribution in [0.3, 0.4) is 0 Å². The van der Waals surface area contributed by atoms with Gasteiger partial charge in [-0.25, -0.2) is 15.0 Å². The molecule has 2 aromatic heterocycles. The van der Waals surface area contributed by atoms with Gasteiger partial charge < -0.3 is 20.4 Å². The molecule has 2 saturated heterocycles. The zero-order valence-corrected chi connectivity index (χ0v) is 17.2. The number of hydrogen-bond acceptors (Lipinski definition) is 7. The largest absolute Gasteiger partial charge is 0.367 e. The molecular weight excluding hydrogens is 350 g/mol. The van der Waals surface area contributed by atoms with Gasteiger partial charge in [0.2, 0.25) is 0 Å². The molecule has 2 fully saturated rings. The lowest BCUT2D eigenvalue weighted by molar-refractivity contribution is 0.217. The number of nitrogens with one attached hydrogen (secondary N) is 2. The number of likely N-dealkylation sites (tertiary alicyclic amines) is 2. The summed E-state index contributed by atoms with van der Waals surface area (Å²) in [6.45, 7) is 6.57. The minimum atomic E-state index is 0.653. The van der Waals surface area contributed by atoms with Gasteiger partial charge in [-0.3, -0.25) is 0 Å². The number of nitrogens with zero attached hydrogens (tertiary/aromatic N) is 5. The molecule has 7 nitrogen and oxygen atoms in total. The smallest absolute Gasteiger partial charge is 0.180 e. The lowest BCUT2D eigenvalue weighted by atomic mass is 9.98. The van der Waals surface area contributed by atoms with E-state index in [4.69, 9.17) is 9.97 Å². The van der Waals surface area contributed by atoms with E-state index in [1.54, 1.807) is 6.20 Å². The van der Waals surface area contributed by atoms with Crippen molar-refractivity contribution in [1.82, 2.24) is 24.8 Å². The lowest BCUT2D eigenvalue weighted by Gasteiger charge is -2.30. The molecule has 2 aliphatic heterocycles. The second kappa shape index (κ2) is 9.01. The Morgan fingerprint density at radius 3 is 2.14 bits per heavy atom. The molecule has 4 rings (SSSR count). The summed E-state index contributed by atoms with van der Waals surface area (Å²) in [5.74, 6) is 3.01. The van der Waals surface area contributed by atoms with E-state index < -0.39 is 0 Å². The van der Waals surface area contributed by atoms with E-state index in [1.165, 1.54) is 38.8 Å². The summed E-state index contributed by atoms with van der Waals surface area (Å²) >= 11 is 0. The van der Waals surface area contributed by atoms with Gasteiger partial charge in [0.1, 0.15) is 5.52 Å². The van der Waals surface area contributed by atoms with Crippen molar-refractivity contribution in [1.29, 1.82) is 0 Å². The van der Waals surface area contributed by atoms with Crippen molar-refractivity contribution in [3.8, 4) is 0 Å². The van der Waals surface area contributed by atoms with E-state index in [9.17, 15) is 0 Å². The fourth-order valence-corrected chi connectivity index (χ4v) is 4.50. The Kier molecular flexibility index (Phi) is 6.22. The van der Waals surface area contributed by atoms with Crippen LogP contribution in [-0.2, 0) is 0 Å². The highest BCUT2D eigenvalue weighted by molar-refractivity contribution is 5.76. The molecule has 28 heavy (non-hydrogen) atoms. The van der Waals surface area contributed by atoms with Gasteiger partial charge >= 0.3 is 0 Å². The third kappa shape index (κ3) is 4.89. The van der Waals surface area contributed by atoms with E-state index in [2.05, 4.69) is 39.5 Å². The molecule has 7 heteroatoms. The molecule has 0 aromatic carbocycles. The van der Waals surface area contributed by atoms with Crippen molar-refractivity contribution in [2.45, 2.75) is 25.7 Å². The third-order valence-electron chi connectivity index (χ3n) is 6.00. The number of rotatable bonds is 6. The average molecular weight is 384 g/mol. The Morgan fingerprint density at radius 1 is 0.929 bits per heavy atom. The Bertz CT molecular complexity index is 716. The second-order valence-electron chi connectivity index (χ2n) is 8.57. The van der Waals surface area contributed by atoms with Crippen LogP contribution >= 0.6 is 0 Å². The fraction of sp³-hybridized carbons (Fsp3) is 0.667. The summed E-state index contributed by atoms with van der Waals surface area (Å²) in [5.41, 5.74) is 1.54. The number of piperidine rings is 2. The van der Waals surface area contributed by atoms with Crippen molar-refractivity contribution >= 4 is 22.8 Å². The normalized spacial score (nSPS) is 24.4. The summed E-state index contributed by atoms with van der Waals surface area (Å²) < 4.78 is 0. The molecule has 2 N–H and O–H groups in total. The molecule has 0 amide bonds. The van der Waals surface area contributed by atoms with Gasteiger partial charge in [0, 0.05) is 32.4 Å². The molecule has 0 saturated carbocycles. The van der Waals surface area contributed by atoms with Crippen LogP contribution in [0.2, 0.25) is 0 Å². The number of anilines is 2. The average Bonchev–Trinajstić information content (AvgIpc) is 2.70. The summed E-state index contributed by atoms with van der Waals surface area (Å²) in [4.78, 5) is 18.9. The summed E-state index contributed by atoms with van der Waals surface area (Å²) in [6.07, 6.45) is 6.87. The topological polar surface area (TPSA) is 69.2 Å². The Morgan fingerprint density at radius 2 is 1.54 bits per heavy atom. The fourth-order valence-electron chi connectivity index (χ4n) is 4.50. The number of pyridine rings is 1. The first-order chi connectivity index (χ1) is 13.7. The molecule has 2 aliphatic rings. The van der Waals surface area contributed by atoms with E-state index >= 15 is 0 Å². The number of fused-ring (bicyclic) bond motifs is 1. The Hall–Kier alpha value is -1.99. The zero-order chi connectivity index (χ0) is 19.3. The van der Waals surface area contributed by atoms with Gasteiger partial charge in [-0.05, 0) is 76.8 Å². The molecule has 0 aliphatic carbocycles. The molecule has 2 aromatic rings. The first kappa shape index (κ1) is 19.3. The van der Waals surface area contributed by atoms with Crippen LogP contribution in [0, 0.1) is 11.8 Å². The molecule has 0 radical (unpaired) electrons. The van der Waals surface area contributed by atoms with Crippen LogP contribution in [0.4, 0.5) is 11.6 Å². The third-order valence-corrected chi connectivity index (χ3v) is 6.00. The molecule has 0 spiro atoms. The highest BCUT2D eigenvalue weighted by Gasteiger charge is 2.20. The van der Waals surface area contributed by atoms with Crippen LogP contribution < -0.4 is 10.6 Å². The number of aromatic nitrogens is 3. The quantitative estimate of drug-likeness (QED) is 0.794. The van der Waals surface area contributed by atoms with Crippen LogP contribution in [0.5, 0.6) is 0 Å². The van der Waals surface area contributed by atoms with Gasteiger partial charge in [0.05, 0.1) is 0 Å². The minimum Gasteiger partial charge on any atom is -0.367 e. The maximum Gasteiger partial charge on any atom is 0.180 e. The second-order valence-corrected chi connectivity index (χ2v) is 8.57. The molecule has 2 atom stereocenters. The standard InChI is InChI=1S/C21H33N7/c1-27-10-4-6-16(14-27)12-23-20-21(24-13-17-7-5-11-28(2)15-17)26-19-18(25-20)8-3-9-22-19/h3,8-9,16-17H,4-7,10-15H2,1-2H3,(H,23,25)(H,22,24,26). The molecular formula is C21H33N7.